The molecule has 0 radical (unpaired) electrons. The Kier molecular flexibility index (Phi) is 4.47. The van der Waals surface area contributed by atoms with E-state index in [2.05, 4.69) is 5.32 Å². The van der Waals surface area contributed by atoms with E-state index in [1.165, 1.54) is 0 Å². The minimum atomic E-state index is -0.351. The molecule has 4 heteroatoms. The van der Waals surface area contributed by atoms with Crippen LogP contribution in [0.5, 0.6) is 0 Å². The number of cyclic esters (lactones) is 1. The van der Waals surface area contributed by atoms with Crippen LogP contribution in [0, 0.1) is 6.92 Å². The first-order valence-corrected chi connectivity index (χ1v) is 8.87. The van der Waals surface area contributed by atoms with E-state index in [0.29, 0.717) is 17.5 Å². The highest BCUT2D eigenvalue weighted by atomic mass is 16.5. The van der Waals surface area contributed by atoms with Crippen molar-refractivity contribution >= 4 is 17.6 Å². The van der Waals surface area contributed by atoms with E-state index in [1.54, 1.807) is 18.2 Å². The van der Waals surface area contributed by atoms with Crippen molar-refractivity contribution in [1.82, 2.24) is 0 Å². The molecule has 3 aromatic carbocycles. The Hall–Kier alpha value is -3.40. The van der Waals surface area contributed by atoms with Crippen LogP contribution in [0.1, 0.15) is 43.5 Å². The summed E-state index contributed by atoms with van der Waals surface area (Å²) < 4.78 is 5.57. The lowest BCUT2D eigenvalue weighted by Crippen LogP contribution is -2.23. The van der Waals surface area contributed by atoms with E-state index in [0.717, 1.165) is 22.4 Å². The third kappa shape index (κ3) is 3.60. The van der Waals surface area contributed by atoms with Crippen molar-refractivity contribution in [3.63, 3.8) is 0 Å². The number of nitrogens with one attached hydrogen (secondary N) is 1. The fraction of sp³-hybridized carbons (Fsp3) is 0.130. The lowest BCUT2D eigenvalue weighted by molar-refractivity contribution is 0.0252. The van der Waals surface area contributed by atoms with Gasteiger partial charge >= 0.3 is 5.97 Å². The molecule has 1 aliphatic heterocycles. The maximum Gasteiger partial charge on any atom is 0.339 e. The summed E-state index contributed by atoms with van der Waals surface area (Å²) in [5.74, 6) is -0.547. The zero-order valence-electron chi connectivity index (χ0n) is 14.9. The molecule has 0 unspecified atom stereocenters. The van der Waals surface area contributed by atoms with Gasteiger partial charge in [-0.05, 0) is 53.9 Å². The lowest BCUT2D eigenvalue weighted by atomic mass is 9.93. The molecular formula is C23H19NO3. The maximum atomic E-state index is 12.6. The van der Waals surface area contributed by atoms with E-state index < -0.39 is 0 Å². The number of fused-ring (bicyclic) bond motifs is 1. The van der Waals surface area contributed by atoms with Crippen LogP contribution in [0.4, 0.5) is 5.69 Å². The van der Waals surface area contributed by atoms with E-state index in [-0.39, 0.29) is 18.0 Å². The van der Waals surface area contributed by atoms with E-state index in [9.17, 15) is 9.59 Å². The molecule has 0 bridgehead atoms. The van der Waals surface area contributed by atoms with Gasteiger partial charge in [-0.15, -0.1) is 0 Å². The number of anilines is 1. The molecule has 1 heterocycles. The molecule has 3 aromatic rings. The molecule has 27 heavy (non-hydrogen) atoms. The van der Waals surface area contributed by atoms with Crippen LogP contribution in [0.15, 0.2) is 72.8 Å². The second-order valence-electron chi connectivity index (χ2n) is 6.70. The fourth-order valence-electron chi connectivity index (χ4n) is 3.32. The molecule has 0 fully saturated rings. The Morgan fingerprint density at radius 1 is 1.00 bits per heavy atom. The first kappa shape index (κ1) is 17.0. The number of esters is 1. The molecule has 0 saturated heterocycles. The number of carbonyl (C=O) groups is 2. The summed E-state index contributed by atoms with van der Waals surface area (Å²) in [5.41, 5.74) is 4.65. The van der Waals surface area contributed by atoms with Crippen LogP contribution in [0.3, 0.4) is 0 Å². The molecule has 1 amide bonds. The molecule has 0 saturated carbocycles. The van der Waals surface area contributed by atoms with Crippen LogP contribution >= 0.6 is 0 Å². The van der Waals surface area contributed by atoms with Crippen molar-refractivity contribution in [3.05, 3.63) is 101 Å². The number of benzene rings is 3. The standard InChI is InChI=1S/C23H19NO3/c1-15-6-5-9-19(12-15)24-22(25)17-10-11-20-18(13-17)14-21(27-23(20)26)16-7-3-2-4-8-16/h2-13,21H,14H2,1H3,(H,24,25)/t21-/m0/s1. The van der Waals surface area contributed by atoms with Crippen LogP contribution in [0.25, 0.3) is 0 Å². The molecule has 1 aliphatic rings. The fourth-order valence-corrected chi connectivity index (χ4v) is 3.32. The second kappa shape index (κ2) is 7.08. The van der Waals surface area contributed by atoms with Gasteiger partial charge in [-0.3, -0.25) is 4.79 Å². The van der Waals surface area contributed by atoms with Gasteiger partial charge in [0, 0.05) is 17.7 Å². The largest absolute Gasteiger partial charge is 0.454 e. The normalized spacial score (nSPS) is 15.6. The SMILES string of the molecule is Cc1cccc(NC(=O)c2ccc3c(c2)C[C@@H](c2ccccc2)OC3=O)c1. The second-order valence-corrected chi connectivity index (χ2v) is 6.70. The van der Waals surface area contributed by atoms with E-state index >= 15 is 0 Å². The number of rotatable bonds is 3. The summed E-state index contributed by atoms with van der Waals surface area (Å²) in [6, 6.07) is 22.4. The average Bonchev–Trinajstić information content (AvgIpc) is 2.68. The summed E-state index contributed by atoms with van der Waals surface area (Å²) >= 11 is 0. The molecule has 4 rings (SSSR count). The Bertz CT molecular complexity index is 1010. The topological polar surface area (TPSA) is 55.4 Å². The van der Waals surface area contributed by atoms with Gasteiger partial charge in [-0.1, -0.05) is 42.5 Å². The maximum absolute atomic E-state index is 12.6. The smallest absolute Gasteiger partial charge is 0.339 e. The van der Waals surface area contributed by atoms with Crippen molar-refractivity contribution in [1.29, 1.82) is 0 Å². The van der Waals surface area contributed by atoms with Crippen molar-refractivity contribution in [2.75, 3.05) is 5.32 Å². The predicted octanol–water partition coefficient (Wildman–Crippen LogP) is 4.70. The summed E-state index contributed by atoms with van der Waals surface area (Å²) in [5, 5.41) is 2.90. The molecule has 1 atom stereocenters. The summed E-state index contributed by atoms with van der Waals surface area (Å²) in [4.78, 5) is 25.0. The van der Waals surface area contributed by atoms with Gasteiger partial charge in [0.1, 0.15) is 6.10 Å². The Morgan fingerprint density at radius 3 is 2.59 bits per heavy atom. The highest BCUT2D eigenvalue weighted by Gasteiger charge is 2.28. The summed E-state index contributed by atoms with van der Waals surface area (Å²) in [6.07, 6.45) is 0.220. The molecule has 0 aromatic heterocycles. The molecule has 134 valence electrons. The van der Waals surface area contributed by atoms with Gasteiger partial charge in [0.15, 0.2) is 0 Å². The van der Waals surface area contributed by atoms with Gasteiger partial charge in [0.05, 0.1) is 5.56 Å². The van der Waals surface area contributed by atoms with Gasteiger partial charge in [0.25, 0.3) is 5.91 Å². The average molecular weight is 357 g/mol. The Balaban J connectivity index is 1.59. The third-order valence-corrected chi connectivity index (χ3v) is 4.69. The number of ether oxygens (including phenoxy) is 1. The molecule has 0 aliphatic carbocycles. The summed E-state index contributed by atoms with van der Waals surface area (Å²) in [7, 11) is 0. The van der Waals surface area contributed by atoms with Gasteiger partial charge < -0.3 is 10.1 Å². The predicted molar refractivity (Wildman–Crippen MR) is 104 cm³/mol. The van der Waals surface area contributed by atoms with Crippen LogP contribution in [-0.2, 0) is 11.2 Å². The van der Waals surface area contributed by atoms with Crippen LogP contribution in [0.2, 0.25) is 0 Å². The minimum Gasteiger partial charge on any atom is -0.454 e. The number of amides is 1. The molecule has 4 nitrogen and oxygen atoms in total. The van der Waals surface area contributed by atoms with Gasteiger partial charge in [0.2, 0.25) is 0 Å². The monoisotopic (exact) mass is 357 g/mol. The molecule has 1 N–H and O–H groups in total. The number of carbonyl (C=O) groups excluding carboxylic acids is 2. The van der Waals surface area contributed by atoms with Crippen LogP contribution < -0.4 is 5.32 Å². The summed E-state index contributed by atoms with van der Waals surface area (Å²) in [6.45, 7) is 1.98. The number of hydrogen-bond donors (Lipinski definition) is 1. The van der Waals surface area contributed by atoms with Crippen LogP contribution in [-0.4, -0.2) is 11.9 Å². The zero-order chi connectivity index (χ0) is 18.8. The lowest BCUT2D eigenvalue weighted by Gasteiger charge is -2.25. The molecule has 0 spiro atoms. The minimum absolute atomic E-state index is 0.196. The van der Waals surface area contributed by atoms with E-state index in [4.69, 9.17) is 4.74 Å². The molecular weight excluding hydrogens is 338 g/mol. The van der Waals surface area contributed by atoms with E-state index in [1.807, 2.05) is 61.5 Å². The Morgan fingerprint density at radius 2 is 1.81 bits per heavy atom. The van der Waals surface area contributed by atoms with Crippen molar-refractivity contribution < 1.29 is 14.3 Å². The first-order chi connectivity index (χ1) is 13.1. The highest BCUT2D eigenvalue weighted by Crippen LogP contribution is 2.31. The number of aryl methyl sites for hydroxylation is 1. The van der Waals surface area contributed by atoms with Crippen molar-refractivity contribution in [3.8, 4) is 0 Å². The quantitative estimate of drug-likeness (QED) is 0.691. The number of hydrogen-bond acceptors (Lipinski definition) is 3. The first-order valence-electron chi connectivity index (χ1n) is 8.87. The Labute approximate surface area is 157 Å². The van der Waals surface area contributed by atoms with Crippen molar-refractivity contribution in [2.45, 2.75) is 19.4 Å². The van der Waals surface area contributed by atoms with Gasteiger partial charge in [-0.2, -0.15) is 0 Å². The van der Waals surface area contributed by atoms with Gasteiger partial charge in [-0.25, -0.2) is 4.79 Å². The zero-order valence-corrected chi connectivity index (χ0v) is 14.9. The van der Waals surface area contributed by atoms with Crippen molar-refractivity contribution in [2.24, 2.45) is 0 Å². The third-order valence-electron chi connectivity index (χ3n) is 4.69. The highest BCUT2D eigenvalue weighted by molar-refractivity contribution is 6.05.